The molecule has 0 amide bonds. The minimum Gasteiger partial charge on any atom is -0.306 e. The molecule has 0 saturated heterocycles. The molecule has 0 saturated carbocycles. The first-order chi connectivity index (χ1) is 9.06. The van der Waals surface area contributed by atoms with E-state index >= 15 is 0 Å². The molecule has 0 aromatic heterocycles. The largest absolute Gasteiger partial charge is 0.306 e. The van der Waals surface area contributed by atoms with Crippen LogP contribution in [0.3, 0.4) is 0 Å². The lowest BCUT2D eigenvalue weighted by Gasteiger charge is -2.15. The van der Waals surface area contributed by atoms with Crippen LogP contribution in [0.2, 0.25) is 5.02 Å². The Hall–Kier alpha value is -0.830. The molecule has 0 fully saturated rings. The Morgan fingerprint density at radius 2 is 2.00 bits per heavy atom. The van der Waals surface area contributed by atoms with Crippen molar-refractivity contribution in [2.24, 2.45) is 0 Å². The van der Waals surface area contributed by atoms with E-state index in [1.807, 2.05) is 18.2 Å². The van der Waals surface area contributed by atoms with Crippen LogP contribution in [-0.2, 0) is 6.54 Å². The number of nitrogens with one attached hydrogen (secondary N) is 1. The number of hydrogen-bond donors (Lipinski definition) is 1. The molecule has 1 nitrogen and oxygen atoms in total. The van der Waals surface area contributed by atoms with Crippen molar-refractivity contribution in [1.29, 1.82) is 0 Å². The van der Waals surface area contributed by atoms with Crippen LogP contribution in [0.25, 0.3) is 0 Å². The topological polar surface area (TPSA) is 12.0 Å². The summed E-state index contributed by atoms with van der Waals surface area (Å²) < 4.78 is 1.08. The summed E-state index contributed by atoms with van der Waals surface area (Å²) in [7, 11) is 0. The molecular formula is C16H17BrClN. The Balaban J connectivity index is 2.04. The van der Waals surface area contributed by atoms with Crippen molar-refractivity contribution in [2.75, 3.05) is 0 Å². The van der Waals surface area contributed by atoms with Gasteiger partial charge in [-0.2, -0.15) is 0 Å². The second-order valence-electron chi connectivity index (χ2n) is 4.75. The first-order valence-electron chi connectivity index (χ1n) is 6.30. The maximum absolute atomic E-state index is 6.02. The van der Waals surface area contributed by atoms with Crippen LogP contribution in [0, 0.1) is 6.92 Å². The first-order valence-corrected chi connectivity index (χ1v) is 7.47. The predicted molar refractivity (Wildman–Crippen MR) is 85.6 cm³/mol. The zero-order chi connectivity index (χ0) is 13.8. The normalized spacial score (nSPS) is 12.4. The molecule has 2 aromatic rings. The minimum absolute atomic E-state index is 0.311. The highest BCUT2D eigenvalue weighted by Gasteiger charge is 2.07. The van der Waals surface area contributed by atoms with Gasteiger partial charge in [0.15, 0.2) is 0 Å². The molecule has 0 spiro atoms. The molecule has 0 aliphatic rings. The summed E-state index contributed by atoms with van der Waals surface area (Å²) in [5.41, 5.74) is 3.76. The maximum atomic E-state index is 6.02. The van der Waals surface area contributed by atoms with E-state index in [0.717, 1.165) is 16.0 Å². The Labute approximate surface area is 128 Å². The summed E-state index contributed by atoms with van der Waals surface area (Å²) in [5.74, 6) is 0. The lowest BCUT2D eigenvalue weighted by atomic mass is 10.1. The number of aryl methyl sites for hydroxylation is 1. The van der Waals surface area contributed by atoms with Gasteiger partial charge in [0, 0.05) is 22.1 Å². The van der Waals surface area contributed by atoms with Gasteiger partial charge in [0.25, 0.3) is 0 Å². The fourth-order valence-corrected chi connectivity index (χ4v) is 2.58. The number of rotatable bonds is 4. The molecule has 2 rings (SSSR count). The fourth-order valence-electron chi connectivity index (χ4n) is 2.00. The minimum atomic E-state index is 0.311. The molecule has 1 N–H and O–H groups in total. The Kier molecular flexibility index (Phi) is 5.03. The molecule has 1 atom stereocenters. The monoisotopic (exact) mass is 337 g/mol. The molecule has 2 aromatic carbocycles. The molecule has 100 valence electrons. The highest BCUT2D eigenvalue weighted by molar-refractivity contribution is 9.10. The molecule has 19 heavy (non-hydrogen) atoms. The van der Waals surface area contributed by atoms with Crippen LogP contribution in [0.5, 0.6) is 0 Å². The Bertz CT molecular complexity index is 568. The lowest BCUT2D eigenvalue weighted by molar-refractivity contribution is 0.573. The molecule has 0 heterocycles. The summed E-state index contributed by atoms with van der Waals surface area (Å²) >= 11 is 9.57. The van der Waals surface area contributed by atoms with E-state index < -0.39 is 0 Å². The zero-order valence-corrected chi connectivity index (χ0v) is 13.4. The molecule has 0 unspecified atom stereocenters. The average molecular weight is 339 g/mol. The van der Waals surface area contributed by atoms with Crippen molar-refractivity contribution in [3.05, 3.63) is 68.7 Å². The van der Waals surface area contributed by atoms with Gasteiger partial charge in [0.2, 0.25) is 0 Å². The molecule has 0 aliphatic carbocycles. The SMILES string of the molecule is Cc1cccc([C@@H](C)NCc2cc(Cl)ccc2Br)c1. The summed E-state index contributed by atoms with van der Waals surface area (Å²) in [5, 5.41) is 4.29. The van der Waals surface area contributed by atoms with E-state index in [9.17, 15) is 0 Å². The lowest BCUT2D eigenvalue weighted by Crippen LogP contribution is -2.18. The van der Waals surface area contributed by atoms with Crippen LogP contribution in [0.4, 0.5) is 0 Å². The second-order valence-corrected chi connectivity index (χ2v) is 6.04. The Morgan fingerprint density at radius 3 is 2.74 bits per heavy atom. The van der Waals surface area contributed by atoms with Crippen molar-refractivity contribution in [3.8, 4) is 0 Å². The molecule has 0 aliphatic heterocycles. The van der Waals surface area contributed by atoms with Gasteiger partial charge < -0.3 is 5.32 Å². The van der Waals surface area contributed by atoms with E-state index in [1.54, 1.807) is 0 Å². The van der Waals surface area contributed by atoms with Gasteiger partial charge in [-0.05, 0) is 43.2 Å². The predicted octanol–water partition coefficient (Wildman–Crippen LogP) is 5.26. The van der Waals surface area contributed by atoms with Gasteiger partial charge in [-0.25, -0.2) is 0 Å². The van der Waals surface area contributed by atoms with Gasteiger partial charge >= 0.3 is 0 Å². The maximum Gasteiger partial charge on any atom is 0.0410 e. The van der Waals surface area contributed by atoms with Gasteiger partial charge in [-0.1, -0.05) is 57.4 Å². The third-order valence-electron chi connectivity index (χ3n) is 3.15. The van der Waals surface area contributed by atoms with E-state index in [4.69, 9.17) is 11.6 Å². The van der Waals surface area contributed by atoms with Crippen molar-refractivity contribution < 1.29 is 0 Å². The third kappa shape index (κ3) is 4.07. The van der Waals surface area contributed by atoms with Crippen molar-refractivity contribution in [2.45, 2.75) is 26.4 Å². The van der Waals surface area contributed by atoms with Crippen molar-refractivity contribution >= 4 is 27.5 Å². The van der Waals surface area contributed by atoms with Crippen LogP contribution in [0.1, 0.15) is 29.7 Å². The highest BCUT2D eigenvalue weighted by atomic mass is 79.9. The molecule has 0 bridgehead atoms. The Morgan fingerprint density at radius 1 is 1.21 bits per heavy atom. The summed E-state index contributed by atoms with van der Waals surface area (Å²) in [6.07, 6.45) is 0. The van der Waals surface area contributed by atoms with Gasteiger partial charge in [0.1, 0.15) is 0 Å². The number of halogens is 2. The van der Waals surface area contributed by atoms with Gasteiger partial charge in [-0.15, -0.1) is 0 Å². The molecular weight excluding hydrogens is 322 g/mol. The van der Waals surface area contributed by atoms with Crippen LogP contribution in [0.15, 0.2) is 46.9 Å². The van der Waals surface area contributed by atoms with Crippen LogP contribution < -0.4 is 5.32 Å². The van der Waals surface area contributed by atoms with Crippen LogP contribution >= 0.6 is 27.5 Å². The second kappa shape index (κ2) is 6.56. The standard InChI is InChI=1S/C16H17BrClN/c1-11-4-3-5-13(8-11)12(2)19-10-14-9-15(18)6-7-16(14)17/h3-9,12,19H,10H2,1-2H3/t12-/m1/s1. The highest BCUT2D eigenvalue weighted by Crippen LogP contribution is 2.22. The summed E-state index contributed by atoms with van der Waals surface area (Å²) in [4.78, 5) is 0. The van der Waals surface area contributed by atoms with Crippen LogP contribution in [-0.4, -0.2) is 0 Å². The summed E-state index contributed by atoms with van der Waals surface area (Å²) in [6, 6.07) is 14.7. The smallest absolute Gasteiger partial charge is 0.0410 e. The third-order valence-corrected chi connectivity index (χ3v) is 4.16. The first kappa shape index (κ1) is 14.6. The van der Waals surface area contributed by atoms with Crippen molar-refractivity contribution in [1.82, 2.24) is 5.32 Å². The van der Waals surface area contributed by atoms with E-state index in [2.05, 4.69) is 59.4 Å². The van der Waals surface area contributed by atoms with E-state index in [-0.39, 0.29) is 0 Å². The zero-order valence-electron chi connectivity index (χ0n) is 11.1. The quantitative estimate of drug-likeness (QED) is 0.801. The fraction of sp³-hybridized carbons (Fsp3) is 0.250. The van der Waals surface area contributed by atoms with Crippen molar-refractivity contribution in [3.63, 3.8) is 0 Å². The van der Waals surface area contributed by atoms with Gasteiger partial charge in [0.05, 0.1) is 0 Å². The molecule has 0 radical (unpaired) electrons. The average Bonchev–Trinajstić information content (AvgIpc) is 2.39. The number of hydrogen-bond acceptors (Lipinski definition) is 1. The van der Waals surface area contributed by atoms with Gasteiger partial charge in [-0.3, -0.25) is 0 Å². The van der Waals surface area contributed by atoms with E-state index in [1.165, 1.54) is 16.7 Å². The summed E-state index contributed by atoms with van der Waals surface area (Å²) in [6.45, 7) is 5.08. The number of benzene rings is 2. The van der Waals surface area contributed by atoms with E-state index in [0.29, 0.717) is 6.04 Å². The molecule has 3 heteroatoms.